The van der Waals surface area contributed by atoms with Crippen LogP contribution in [0.15, 0.2) is 29.3 Å². The Labute approximate surface area is 196 Å². The van der Waals surface area contributed by atoms with Crippen molar-refractivity contribution in [3.05, 3.63) is 34.9 Å². The van der Waals surface area contributed by atoms with Crippen molar-refractivity contribution < 1.29 is 9.53 Å². The number of hydrogen-bond acceptors (Lipinski definition) is 3. The first-order chi connectivity index (χ1) is 13.4. The van der Waals surface area contributed by atoms with E-state index >= 15 is 0 Å². The van der Waals surface area contributed by atoms with Gasteiger partial charge in [0.25, 0.3) is 5.91 Å². The standard InChI is InChI=1S/C21H31ClN4O2.HI/c1-21(2,16-6-4-7-17(22)14-16)15-24-20(23-3)26-11-9-25(10-12-26)19(27)18-8-5-13-28-18;/h4,6-7,14,18H,5,8-13,15H2,1-3H3,(H,23,24);1H. The topological polar surface area (TPSA) is 57.2 Å². The van der Waals surface area contributed by atoms with Gasteiger partial charge in [0.2, 0.25) is 0 Å². The van der Waals surface area contributed by atoms with Gasteiger partial charge in [0.05, 0.1) is 0 Å². The van der Waals surface area contributed by atoms with Crippen molar-refractivity contribution >= 4 is 47.4 Å². The van der Waals surface area contributed by atoms with Crippen LogP contribution in [-0.2, 0) is 14.9 Å². The van der Waals surface area contributed by atoms with E-state index in [1.54, 1.807) is 7.05 Å². The van der Waals surface area contributed by atoms with Gasteiger partial charge in [-0.15, -0.1) is 24.0 Å². The maximum atomic E-state index is 12.5. The molecule has 0 aromatic heterocycles. The average Bonchev–Trinajstić information content (AvgIpc) is 3.23. The lowest BCUT2D eigenvalue weighted by Gasteiger charge is -2.38. The van der Waals surface area contributed by atoms with Gasteiger partial charge in [0.15, 0.2) is 5.96 Å². The van der Waals surface area contributed by atoms with E-state index in [9.17, 15) is 4.79 Å². The summed E-state index contributed by atoms with van der Waals surface area (Å²) in [5.74, 6) is 1.02. The van der Waals surface area contributed by atoms with Crippen LogP contribution >= 0.6 is 35.6 Å². The number of nitrogens with zero attached hydrogens (tertiary/aromatic N) is 3. The molecule has 3 rings (SSSR count). The van der Waals surface area contributed by atoms with Crippen LogP contribution in [0.2, 0.25) is 5.02 Å². The van der Waals surface area contributed by atoms with Crippen molar-refractivity contribution in [2.75, 3.05) is 46.4 Å². The van der Waals surface area contributed by atoms with Gasteiger partial charge in [0, 0.05) is 56.8 Å². The molecule has 1 unspecified atom stereocenters. The molecule has 29 heavy (non-hydrogen) atoms. The highest BCUT2D eigenvalue weighted by atomic mass is 127. The van der Waals surface area contributed by atoms with Gasteiger partial charge in [0.1, 0.15) is 6.10 Å². The maximum absolute atomic E-state index is 12.5. The summed E-state index contributed by atoms with van der Waals surface area (Å²) in [7, 11) is 1.80. The first kappa shape index (κ1) is 24.2. The van der Waals surface area contributed by atoms with Crippen LogP contribution in [-0.4, -0.2) is 74.1 Å². The number of amides is 1. The van der Waals surface area contributed by atoms with Gasteiger partial charge in [-0.2, -0.15) is 0 Å². The van der Waals surface area contributed by atoms with Crippen LogP contribution in [0, 0.1) is 0 Å². The molecule has 0 aliphatic carbocycles. The van der Waals surface area contributed by atoms with Gasteiger partial charge in [-0.1, -0.05) is 37.6 Å². The van der Waals surface area contributed by atoms with Gasteiger partial charge in [-0.3, -0.25) is 9.79 Å². The van der Waals surface area contributed by atoms with E-state index in [0.29, 0.717) is 19.7 Å². The third-order valence-corrected chi connectivity index (χ3v) is 5.84. The summed E-state index contributed by atoms with van der Waals surface area (Å²) in [5.41, 5.74) is 1.10. The fourth-order valence-electron chi connectivity index (χ4n) is 3.76. The number of rotatable bonds is 4. The van der Waals surface area contributed by atoms with E-state index in [1.165, 1.54) is 5.56 Å². The molecule has 1 N–H and O–H groups in total. The van der Waals surface area contributed by atoms with Crippen LogP contribution in [0.4, 0.5) is 0 Å². The zero-order chi connectivity index (χ0) is 20.1. The van der Waals surface area contributed by atoms with Gasteiger partial charge < -0.3 is 19.9 Å². The van der Waals surface area contributed by atoms with Crippen LogP contribution in [0.3, 0.4) is 0 Å². The molecular weight excluding hydrogens is 503 g/mol. The van der Waals surface area contributed by atoms with Crippen LogP contribution in [0.1, 0.15) is 32.3 Å². The van der Waals surface area contributed by atoms with Crippen molar-refractivity contribution in [1.82, 2.24) is 15.1 Å². The molecule has 2 fully saturated rings. The minimum atomic E-state index is -0.234. The molecule has 2 aliphatic rings. The van der Waals surface area contributed by atoms with E-state index in [2.05, 4.69) is 35.1 Å². The van der Waals surface area contributed by atoms with E-state index in [1.807, 2.05) is 23.1 Å². The Morgan fingerprint density at radius 2 is 1.97 bits per heavy atom. The van der Waals surface area contributed by atoms with Crippen molar-refractivity contribution in [2.24, 2.45) is 4.99 Å². The molecule has 1 aromatic rings. The lowest BCUT2D eigenvalue weighted by molar-refractivity contribution is -0.142. The molecule has 162 valence electrons. The Hall–Kier alpha value is -1.06. The molecule has 1 atom stereocenters. The second-order valence-electron chi connectivity index (χ2n) is 8.11. The fraction of sp³-hybridized carbons (Fsp3) is 0.619. The number of hydrogen-bond donors (Lipinski definition) is 1. The summed E-state index contributed by atoms with van der Waals surface area (Å²) < 4.78 is 5.54. The molecular formula is C21H32ClIN4O2. The van der Waals surface area contributed by atoms with Crippen molar-refractivity contribution in [1.29, 1.82) is 0 Å². The normalized spacial score (nSPS) is 20.4. The lowest BCUT2D eigenvalue weighted by atomic mass is 9.84. The predicted molar refractivity (Wildman–Crippen MR) is 128 cm³/mol. The number of guanidine groups is 1. The Kier molecular flexibility index (Phi) is 9.03. The summed E-state index contributed by atoms with van der Waals surface area (Å²) in [6.45, 7) is 8.79. The van der Waals surface area contributed by atoms with Crippen LogP contribution in [0.5, 0.6) is 0 Å². The van der Waals surface area contributed by atoms with Crippen LogP contribution in [0.25, 0.3) is 0 Å². The quantitative estimate of drug-likeness (QED) is 0.366. The number of nitrogens with one attached hydrogen (secondary N) is 1. The maximum Gasteiger partial charge on any atom is 0.251 e. The summed E-state index contributed by atoms with van der Waals surface area (Å²) in [6.07, 6.45) is 1.60. The number of aliphatic imine (C=N–C) groups is 1. The van der Waals surface area contributed by atoms with Gasteiger partial charge in [-0.05, 0) is 30.5 Å². The van der Waals surface area contributed by atoms with Gasteiger partial charge >= 0.3 is 0 Å². The first-order valence-corrected chi connectivity index (χ1v) is 10.4. The highest BCUT2D eigenvalue weighted by Crippen LogP contribution is 2.25. The Morgan fingerprint density at radius 1 is 1.28 bits per heavy atom. The molecule has 8 heteroatoms. The third kappa shape index (κ3) is 6.21. The highest BCUT2D eigenvalue weighted by Gasteiger charge is 2.31. The molecule has 2 aliphatic heterocycles. The number of carbonyl (C=O) groups is 1. The smallest absolute Gasteiger partial charge is 0.251 e. The Bertz CT molecular complexity index is 714. The summed E-state index contributed by atoms with van der Waals surface area (Å²) in [4.78, 5) is 21.1. The molecule has 0 spiro atoms. The first-order valence-electron chi connectivity index (χ1n) is 10.0. The van der Waals surface area contributed by atoms with E-state index in [-0.39, 0.29) is 41.4 Å². The van der Waals surface area contributed by atoms with E-state index in [4.69, 9.17) is 16.3 Å². The number of halogens is 2. The van der Waals surface area contributed by atoms with E-state index in [0.717, 1.165) is 43.5 Å². The second-order valence-corrected chi connectivity index (χ2v) is 8.55. The lowest BCUT2D eigenvalue weighted by Crippen LogP contribution is -2.56. The zero-order valence-electron chi connectivity index (χ0n) is 17.5. The molecule has 2 heterocycles. The summed E-state index contributed by atoms with van der Waals surface area (Å²) >= 11 is 6.16. The number of ether oxygens (including phenoxy) is 1. The minimum Gasteiger partial charge on any atom is -0.368 e. The molecule has 6 nitrogen and oxygen atoms in total. The molecule has 0 radical (unpaired) electrons. The van der Waals surface area contributed by atoms with Crippen LogP contribution < -0.4 is 5.32 Å². The van der Waals surface area contributed by atoms with E-state index < -0.39 is 0 Å². The Balaban J connectivity index is 0.00000300. The zero-order valence-corrected chi connectivity index (χ0v) is 20.6. The molecule has 0 bridgehead atoms. The van der Waals surface area contributed by atoms with Crippen molar-refractivity contribution in [2.45, 2.75) is 38.2 Å². The Morgan fingerprint density at radius 3 is 2.55 bits per heavy atom. The largest absolute Gasteiger partial charge is 0.368 e. The average molecular weight is 535 g/mol. The highest BCUT2D eigenvalue weighted by molar-refractivity contribution is 14.0. The number of piperazine rings is 1. The van der Waals surface area contributed by atoms with Crippen molar-refractivity contribution in [3.63, 3.8) is 0 Å². The molecule has 0 saturated carbocycles. The van der Waals surface area contributed by atoms with Gasteiger partial charge in [-0.25, -0.2) is 0 Å². The fourth-order valence-corrected chi connectivity index (χ4v) is 3.95. The number of carbonyl (C=O) groups excluding carboxylic acids is 1. The SMILES string of the molecule is CN=C(NCC(C)(C)c1cccc(Cl)c1)N1CCN(C(=O)C2CCCO2)CC1.I. The summed E-state index contributed by atoms with van der Waals surface area (Å²) in [6, 6.07) is 8.00. The third-order valence-electron chi connectivity index (χ3n) is 5.60. The molecule has 1 amide bonds. The second kappa shape index (κ2) is 10.8. The molecule has 1 aromatic carbocycles. The monoisotopic (exact) mass is 534 g/mol. The minimum absolute atomic E-state index is 0. The summed E-state index contributed by atoms with van der Waals surface area (Å²) in [5, 5.41) is 4.25. The molecule has 2 saturated heterocycles. The predicted octanol–water partition coefficient (Wildman–Crippen LogP) is 3.13. The number of benzene rings is 1. The van der Waals surface area contributed by atoms with Crippen molar-refractivity contribution in [3.8, 4) is 0 Å².